The van der Waals surface area contributed by atoms with Crippen LogP contribution in [-0.2, 0) is 9.47 Å². The van der Waals surface area contributed by atoms with Gasteiger partial charge in [-0.3, -0.25) is 0 Å². The zero-order valence-electron chi connectivity index (χ0n) is 11.2. The highest BCUT2D eigenvalue weighted by Crippen LogP contribution is 2.57. The maximum Gasteiger partial charge on any atom is 0.125 e. The van der Waals surface area contributed by atoms with E-state index >= 15 is 0 Å². The van der Waals surface area contributed by atoms with E-state index < -0.39 is 0 Å². The van der Waals surface area contributed by atoms with Crippen molar-refractivity contribution < 1.29 is 14.2 Å². The summed E-state index contributed by atoms with van der Waals surface area (Å²) < 4.78 is 17.8. The van der Waals surface area contributed by atoms with Crippen LogP contribution in [0.15, 0.2) is 30.3 Å². The smallest absolute Gasteiger partial charge is 0.125 e. The van der Waals surface area contributed by atoms with Crippen LogP contribution in [0.1, 0.15) is 12.8 Å². The monoisotopic (exact) mass is 260 g/mol. The van der Waals surface area contributed by atoms with Gasteiger partial charge in [0.05, 0.1) is 12.7 Å². The van der Waals surface area contributed by atoms with Crippen molar-refractivity contribution in [2.45, 2.75) is 31.2 Å². The molecule has 1 heterocycles. The summed E-state index contributed by atoms with van der Waals surface area (Å²) in [6.45, 7) is 0.726. The first-order valence-electron chi connectivity index (χ1n) is 7.23. The molecule has 3 aliphatic rings. The van der Waals surface area contributed by atoms with Crippen LogP contribution < -0.4 is 4.74 Å². The molecule has 0 aromatic heterocycles. The SMILES string of the molecule is CO[C@@H]1CO[C@@H]2C(Oc3ccccc3)CC3CC3[C@@H]21. The quantitative estimate of drug-likeness (QED) is 0.835. The second kappa shape index (κ2) is 4.50. The molecule has 102 valence electrons. The summed E-state index contributed by atoms with van der Waals surface area (Å²) in [5.41, 5.74) is 0. The highest BCUT2D eigenvalue weighted by Gasteiger charge is 2.59. The summed E-state index contributed by atoms with van der Waals surface area (Å²) in [4.78, 5) is 0. The fraction of sp³-hybridized carbons (Fsp3) is 0.625. The third-order valence-corrected chi connectivity index (χ3v) is 4.97. The molecule has 1 saturated heterocycles. The molecule has 19 heavy (non-hydrogen) atoms. The number of benzene rings is 1. The molecule has 0 spiro atoms. The predicted molar refractivity (Wildman–Crippen MR) is 71.1 cm³/mol. The van der Waals surface area contributed by atoms with Crippen LogP contribution >= 0.6 is 0 Å². The molecule has 1 aromatic carbocycles. The zero-order chi connectivity index (χ0) is 12.8. The standard InChI is InChI=1S/C16H20O3/c1-17-14-9-18-16-13(8-10-7-12(10)15(14)16)19-11-5-3-2-4-6-11/h2-6,10,12-16H,7-9H2,1H3/t10?,12?,13?,14-,15-,16-/m1/s1. The molecule has 2 aliphatic carbocycles. The van der Waals surface area contributed by atoms with E-state index in [0.717, 1.165) is 30.6 Å². The van der Waals surface area contributed by atoms with Gasteiger partial charge in [0.15, 0.2) is 0 Å². The average Bonchev–Trinajstić information content (AvgIpc) is 3.09. The fourth-order valence-corrected chi connectivity index (χ4v) is 3.97. The Hall–Kier alpha value is -1.06. The first-order chi connectivity index (χ1) is 9.36. The van der Waals surface area contributed by atoms with Crippen LogP contribution in [0, 0.1) is 17.8 Å². The van der Waals surface area contributed by atoms with E-state index in [-0.39, 0.29) is 18.3 Å². The molecular weight excluding hydrogens is 240 g/mol. The maximum absolute atomic E-state index is 6.18. The molecular formula is C16H20O3. The van der Waals surface area contributed by atoms with Gasteiger partial charge in [-0.25, -0.2) is 0 Å². The minimum Gasteiger partial charge on any atom is -0.488 e. The Balaban J connectivity index is 1.53. The van der Waals surface area contributed by atoms with E-state index in [1.165, 1.54) is 6.42 Å². The summed E-state index contributed by atoms with van der Waals surface area (Å²) in [6.07, 6.45) is 3.14. The van der Waals surface area contributed by atoms with Gasteiger partial charge < -0.3 is 14.2 Å². The fourth-order valence-electron chi connectivity index (χ4n) is 3.97. The van der Waals surface area contributed by atoms with Crippen molar-refractivity contribution in [3.8, 4) is 5.75 Å². The van der Waals surface area contributed by atoms with Crippen molar-refractivity contribution in [2.24, 2.45) is 17.8 Å². The third-order valence-electron chi connectivity index (χ3n) is 4.97. The van der Waals surface area contributed by atoms with Gasteiger partial charge in [-0.2, -0.15) is 0 Å². The van der Waals surface area contributed by atoms with Crippen LogP contribution in [0.4, 0.5) is 0 Å². The molecule has 0 bridgehead atoms. The summed E-state index contributed by atoms with van der Waals surface area (Å²) >= 11 is 0. The van der Waals surface area contributed by atoms with Crippen molar-refractivity contribution in [3.05, 3.63) is 30.3 Å². The molecule has 3 fully saturated rings. The Morgan fingerprint density at radius 1 is 1.11 bits per heavy atom. The van der Waals surface area contributed by atoms with Crippen LogP contribution in [0.25, 0.3) is 0 Å². The van der Waals surface area contributed by atoms with Crippen LogP contribution in [-0.4, -0.2) is 32.0 Å². The molecule has 1 aromatic rings. The van der Waals surface area contributed by atoms with Gasteiger partial charge in [-0.05, 0) is 36.8 Å². The number of rotatable bonds is 3. The second-order valence-corrected chi connectivity index (χ2v) is 6.01. The molecule has 1 aliphatic heterocycles. The van der Waals surface area contributed by atoms with Crippen molar-refractivity contribution in [1.29, 1.82) is 0 Å². The molecule has 3 unspecified atom stereocenters. The van der Waals surface area contributed by atoms with Crippen molar-refractivity contribution >= 4 is 0 Å². The molecule has 2 saturated carbocycles. The van der Waals surface area contributed by atoms with E-state index in [0.29, 0.717) is 5.92 Å². The minimum absolute atomic E-state index is 0.191. The lowest BCUT2D eigenvalue weighted by Gasteiger charge is -2.33. The molecule has 4 rings (SSSR count). The normalized spacial score (nSPS) is 43.4. The van der Waals surface area contributed by atoms with Gasteiger partial charge in [0, 0.05) is 13.0 Å². The van der Waals surface area contributed by atoms with Gasteiger partial charge in [-0.1, -0.05) is 18.2 Å². The first kappa shape index (κ1) is 11.7. The van der Waals surface area contributed by atoms with Gasteiger partial charge in [0.25, 0.3) is 0 Å². The number of hydrogen-bond acceptors (Lipinski definition) is 3. The summed E-state index contributed by atoms with van der Waals surface area (Å²) in [6, 6.07) is 10.1. The number of ether oxygens (including phenoxy) is 3. The van der Waals surface area contributed by atoms with Gasteiger partial charge in [0.2, 0.25) is 0 Å². The van der Waals surface area contributed by atoms with Crippen LogP contribution in [0.2, 0.25) is 0 Å². The van der Waals surface area contributed by atoms with Gasteiger partial charge in [-0.15, -0.1) is 0 Å². The Labute approximate surface area is 113 Å². The summed E-state index contributed by atoms with van der Waals surface area (Å²) in [5, 5.41) is 0. The molecule has 3 heteroatoms. The summed E-state index contributed by atoms with van der Waals surface area (Å²) in [5.74, 6) is 3.13. The number of fused-ring (bicyclic) bond motifs is 3. The highest BCUT2D eigenvalue weighted by atomic mass is 16.6. The van der Waals surface area contributed by atoms with E-state index in [1.54, 1.807) is 7.11 Å². The molecule has 0 amide bonds. The van der Waals surface area contributed by atoms with Gasteiger partial charge in [0.1, 0.15) is 18.0 Å². The first-order valence-corrected chi connectivity index (χ1v) is 7.23. The third kappa shape index (κ3) is 1.96. The van der Waals surface area contributed by atoms with Crippen molar-refractivity contribution in [3.63, 3.8) is 0 Å². The van der Waals surface area contributed by atoms with Crippen molar-refractivity contribution in [2.75, 3.05) is 13.7 Å². The Morgan fingerprint density at radius 3 is 2.74 bits per heavy atom. The number of methoxy groups -OCH3 is 1. The van der Waals surface area contributed by atoms with E-state index in [1.807, 2.05) is 30.3 Å². The highest BCUT2D eigenvalue weighted by molar-refractivity contribution is 5.22. The molecule has 3 nitrogen and oxygen atoms in total. The second-order valence-electron chi connectivity index (χ2n) is 6.01. The minimum atomic E-state index is 0.191. The largest absolute Gasteiger partial charge is 0.488 e. The Morgan fingerprint density at radius 2 is 1.95 bits per heavy atom. The van der Waals surface area contributed by atoms with Gasteiger partial charge >= 0.3 is 0 Å². The number of para-hydroxylation sites is 1. The molecule has 6 atom stereocenters. The van der Waals surface area contributed by atoms with E-state index in [4.69, 9.17) is 14.2 Å². The predicted octanol–water partition coefficient (Wildman–Crippen LogP) is 2.50. The van der Waals surface area contributed by atoms with Crippen LogP contribution in [0.3, 0.4) is 0 Å². The summed E-state index contributed by atoms with van der Waals surface area (Å²) in [7, 11) is 1.80. The lowest BCUT2D eigenvalue weighted by molar-refractivity contribution is -0.0325. The Bertz CT molecular complexity index is 447. The van der Waals surface area contributed by atoms with Crippen molar-refractivity contribution in [1.82, 2.24) is 0 Å². The molecule has 0 radical (unpaired) electrons. The Kier molecular flexibility index (Phi) is 2.78. The lowest BCUT2D eigenvalue weighted by Crippen LogP contribution is -2.43. The lowest BCUT2D eigenvalue weighted by atomic mass is 9.82. The zero-order valence-corrected chi connectivity index (χ0v) is 11.2. The number of hydrogen-bond donors (Lipinski definition) is 0. The molecule has 0 N–H and O–H groups in total. The van der Waals surface area contributed by atoms with Crippen LogP contribution in [0.5, 0.6) is 5.75 Å². The van der Waals surface area contributed by atoms with E-state index in [9.17, 15) is 0 Å². The van der Waals surface area contributed by atoms with E-state index in [2.05, 4.69) is 0 Å². The maximum atomic E-state index is 6.18. The topological polar surface area (TPSA) is 27.7 Å². The average molecular weight is 260 g/mol.